The quantitative estimate of drug-likeness (QED) is 0.199. The van der Waals surface area contributed by atoms with Crippen LogP contribution in [0.5, 0.6) is 0 Å². The highest BCUT2D eigenvalue weighted by Crippen LogP contribution is 2.30. The molecule has 2 N–H and O–H groups in total. The first-order valence-corrected chi connectivity index (χ1v) is 14.4. The molecule has 2 rings (SSSR count). The number of hydrogen-bond donors (Lipinski definition) is 2. The van der Waals surface area contributed by atoms with Crippen LogP contribution < -0.4 is 0 Å². The van der Waals surface area contributed by atoms with Crippen molar-refractivity contribution in [2.75, 3.05) is 0 Å². The summed E-state index contributed by atoms with van der Waals surface area (Å²) in [6.45, 7) is 6.93. The van der Waals surface area contributed by atoms with E-state index in [1.807, 2.05) is 0 Å². The van der Waals surface area contributed by atoms with E-state index in [4.69, 9.17) is 17.5 Å². The van der Waals surface area contributed by atoms with Gasteiger partial charge in [0.2, 0.25) is 0 Å². The number of fused-ring (bicyclic) bond motifs is 1. The van der Waals surface area contributed by atoms with Gasteiger partial charge < -0.3 is 0 Å². The van der Waals surface area contributed by atoms with Gasteiger partial charge in [0.15, 0.2) is 0 Å². The summed E-state index contributed by atoms with van der Waals surface area (Å²) >= 11 is 0. The molecular weight excluding hydrogens is 432 g/mol. The van der Waals surface area contributed by atoms with Crippen molar-refractivity contribution in [3.63, 3.8) is 0 Å². The van der Waals surface area contributed by atoms with Gasteiger partial charge in [0, 0.05) is 0 Å². The Labute approximate surface area is 202 Å². The number of rotatable bonds is 15. The lowest BCUT2D eigenvalue weighted by molar-refractivity contribution is 0.381. The zero-order valence-corrected chi connectivity index (χ0v) is 21.9. The van der Waals surface area contributed by atoms with E-state index in [0.29, 0.717) is 0 Å². The van der Waals surface area contributed by atoms with Gasteiger partial charge in [-0.25, -0.2) is 0 Å². The lowest BCUT2D eigenvalue weighted by atomic mass is 9.86. The van der Waals surface area contributed by atoms with Crippen LogP contribution >= 0.6 is 0 Å². The standard InChI is InChI=1S/C28H44.H2O4S/c1-4-7-10-13-18-24-23-25-19-16-17-21-27(25)28(22-15-12-9-6-3)26(24)20-14-11-8-5-2;1-5(2,3)4/h16-17,19,21,23H,4-15,18,20,22H2,1-3H3;(H2,1,2,3,4). The van der Waals surface area contributed by atoms with Crippen LogP contribution in [-0.2, 0) is 29.7 Å². The molecule has 0 atom stereocenters. The van der Waals surface area contributed by atoms with Crippen molar-refractivity contribution in [2.24, 2.45) is 0 Å². The minimum absolute atomic E-state index is 1.27. The first-order chi connectivity index (χ1) is 15.8. The summed E-state index contributed by atoms with van der Waals surface area (Å²) < 4.78 is 31.6. The van der Waals surface area contributed by atoms with Crippen LogP contribution in [0.15, 0.2) is 30.3 Å². The first-order valence-electron chi connectivity index (χ1n) is 13.0. The summed E-state index contributed by atoms with van der Waals surface area (Å²) in [5.41, 5.74) is 5.08. The monoisotopic (exact) mass is 478 g/mol. The van der Waals surface area contributed by atoms with Crippen molar-refractivity contribution in [3.05, 3.63) is 47.0 Å². The largest absolute Gasteiger partial charge is 0.394 e. The summed E-state index contributed by atoms with van der Waals surface area (Å²) in [4.78, 5) is 0. The molecule has 0 amide bonds. The van der Waals surface area contributed by atoms with Gasteiger partial charge in [0.1, 0.15) is 0 Å². The van der Waals surface area contributed by atoms with Crippen molar-refractivity contribution in [3.8, 4) is 0 Å². The number of unbranched alkanes of at least 4 members (excludes halogenated alkanes) is 9. The zero-order valence-electron chi connectivity index (χ0n) is 21.1. The number of hydrogen-bond acceptors (Lipinski definition) is 2. The maximum absolute atomic E-state index is 8.74. The fraction of sp³-hybridized carbons (Fsp3) is 0.643. The number of aryl methyl sites for hydroxylation is 2. The molecular formula is C28H46O4S. The Kier molecular flexibility index (Phi) is 15.3. The van der Waals surface area contributed by atoms with Gasteiger partial charge in [-0.15, -0.1) is 0 Å². The molecule has 0 bridgehead atoms. The molecule has 0 saturated heterocycles. The van der Waals surface area contributed by atoms with E-state index in [-0.39, 0.29) is 0 Å². The highest BCUT2D eigenvalue weighted by molar-refractivity contribution is 7.79. The Hall–Kier alpha value is -1.43. The highest BCUT2D eigenvalue weighted by atomic mass is 32.3. The Balaban J connectivity index is 0.000000981. The fourth-order valence-electron chi connectivity index (χ4n) is 4.55. The molecule has 0 spiro atoms. The molecule has 0 aliphatic carbocycles. The third-order valence-corrected chi connectivity index (χ3v) is 6.23. The molecule has 0 fully saturated rings. The predicted octanol–water partition coefficient (Wildman–Crippen LogP) is 8.56. The van der Waals surface area contributed by atoms with Crippen LogP contribution in [-0.4, -0.2) is 17.5 Å². The maximum Gasteiger partial charge on any atom is 0.394 e. The number of benzene rings is 2. The van der Waals surface area contributed by atoms with Crippen molar-refractivity contribution in [2.45, 2.75) is 117 Å². The first kappa shape index (κ1) is 29.6. The van der Waals surface area contributed by atoms with E-state index in [0.717, 1.165) is 0 Å². The van der Waals surface area contributed by atoms with Crippen molar-refractivity contribution < 1.29 is 17.5 Å². The second-order valence-electron chi connectivity index (χ2n) is 9.09. The smallest absolute Gasteiger partial charge is 0.264 e. The second-order valence-corrected chi connectivity index (χ2v) is 9.99. The molecule has 0 unspecified atom stereocenters. The lowest BCUT2D eigenvalue weighted by Gasteiger charge is -2.19. The van der Waals surface area contributed by atoms with E-state index in [1.54, 1.807) is 16.7 Å². The molecule has 33 heavy (non-hydrogen) atoms. The zero-order chi connectivity index (χ0) is 24.5. The summed E-state index contributed by atoms with van der Waals surface area (Å²) in [6.07, 6.45) is 20.1. The second kappa shape index (κ2) is 17.1. The SMILES string of the molecule is CCCCCCc1cc2ccccc2c(CCCCCC)c1CCCCCC.O=S(=O)(O)O. The highest BCUT2D eigenvalue weighted by Gasteiger charge is 2.13. The Morgan fingerprint density at radius 3 is 1.61 bits per heavy atom. The fourth-order valence-corrected chi connectivity index (χ4v) is 4.55. The summed E-state index contributed by atoms with van der Waals surface area (Å²) in [6, 6.07) is 11.7. The molecule has 0 radical (unpaired) electrons. The average molecular weight is 479 g/mol. The molecule has 5 heteroatoms. The van der Waals surface area contributed by atoms with Crippen LogP contribution in [0.4, 0.5) is 0 Å². The van der Waals surface area contributed by atoms with E-state index in [2.05, 4.69) is 51.1 Å². The van der Waals surface area contributed by atoms with Crippen molar-refractivity contribution in [1.82, 2.24) is 0 Å². The van der Waals surface area contributed by atoms with Gasteiger partial charge in [-0.3, -0.25) is 9.11 Å². The van der Waals surface area contributed by atoms with Crippen LogP contribution in [0.25, 0.3) is 10.8 Å². The minimum atomic E-state index is -4.67. The van der Waals surface area contributed by atoms with Gasteiger partial charge in [-0.05, 0) is 66.0 Å². The van der Waals surface area contributed by atoms with Crippen LogP contribution in [0.3, 0.4) is 0 Å². The van der Waals surface area contributed by atoms with Crippen LogP contribution in [0, 0.1) is 0 Å². The van der Waals surface area contributed by atoms with Gasteiger partial charge in [0.25, 0.3) is 0 Å². The van der Waals surface area contributed by atoms with Gasteiger partial charge in [-0.1, -0.05) is 109 Å². The predicted molar refractivity (Wildman–Crippen MR) is 142 cm³/mol. The summed E-state index contributed by atoms with van der Waals surface area (Å²) in [5, 5.41) is 3.00. The molecule has 0 aliphatic rings. The normalized spacial score (nSPS) is 11.4. The summed E-state index contributed by atoms with van der Waals surface area (Å²) in [7, 11) is -4.67. The molecule has 0 heterocycles. The van der Waals surface area contributed by atoms with Gasteiger partial charge in [-0.2, -0.15) is 8.42 Å². The Bertz CT molecular complexity index is 882. The minimum Gasteiger partial charge on any atom is -0.264 e. The molecule has 0 aliphatic heterocycles. The van der Waals surface area contributed by atoms with Crippen LogP contribution in [0.2, 0.25) is 0 Å². The van der Waals surface area contributed by atoms with E-state index >= 15 is 0 Å². The van der Waals surface area contributed by atoms with Crippen molar-refractivity contribution in [1.29, 1.82) is 0 Å². The maximum atomic E-state index is 8.74. The van der Waals surface area contributed by atoms with E-state index in [9.17, 15) is 0 Å². The molecule has 2 aromatic rings. The van der Waals surface area contributed by atoms with Crippen LogP contribution in [0.1, 0.15) is 115 Å². The topological polar surface area (TPSA) is 74.6 Å². The third-order valence-electron chi connectivity index (χ3n) is 6.23. The van der Waals surface area contributed by atoms with Crippen molar-refractivity contribution >= 4 is 21.2 Å². The third kappa shape index (κ3) is 13.1. The molecule has 0 saturated carbocycles. The molecule has 2 aromatic carbocycles. The Morgan fingerprint density at radius 2 is 1.09 bits per heavy atom. The van der Waals surface area contributed by atoms with E-state index in [1.165, 1.54) is 107 Å². The molecule has 4 nitrogen and oxygen atoms in total. The molecule has 0 aromatic heterocycles. The lowest BCUT2D eigenvalue weighted by Crippen LogP contribution is -2.03. The van der Waals surface area contributed by atoms with E-state index < -0.39 is 10.4 Å². The summed E-state index contributed by atoms with van der Waals surface area (Å²) in [5.74, 6) is 0. The van der Waals surface area contributed by atoms with Gasteiger partial charge >= 0.3 is 10.4 Å². The average Bonchev–Trinajstić information content (AvgIpc) is 2.76. The molecule has 188 valence electrons. The Morgan fingerprint density at radius 1 is 0.636 bits per heavy atom. The van der Waals surface area contributed by atoms with Gasteiger partial charge in [0.05, 0.1) is 0 Å².